The topological polar surface area (TPSA) is 30.5 Å². The Labute approximate surface area is 143 Å². The highest BCUT2D eigenvalue weighted by molar-refractivity contribution is 5.62. The molecule has 3 nitrogen and oxygen atoms in total. The van der Waals surface area contributed by atoms with Gasteiger partial charge in [-0.1, -0.05) is 30.4 Å². The Morgan fingerprint density at radius 2 is 2.00 bits per heavy atom. The molecule has 0 saturated carbocycles. The summed E-state index contributed by atoms with van der Waals surface area (Å²) >= 11 is 0. The molecule has 1 heterocycles. The molecule has 0 bridgehead atoms. The van der Waals surface area contributed by atoms with E-state index in [1.54, 1.807) is 7.11 Å². The van der Waals surface area contributed by atoms with Gasteiger partial charge in [-0.15, -0.1) is 0 Å². The van der Waals surface area contributed by atoms with Crippen LogP contribution in [0.1, 0.15) is 36.4 Å². The number of anilines is 1. The monoisotopic (exact) mass is 321 g/mol. The Kier molecular flexibility index (Phi) is 3.93. The number of nitrogens with one attached hydrogen (secondary N) is 1. The van der Waals surface area contributed by atoms with Crippen LogP contribution in [0.4, 0.5) is 5.69 Å². The van der Waals surface area contributed by atoms with Crippen molar-refractivity contribution in [1.29, 1.82) is 0 Å². The van der Waals surface area contributed by atoms with E-state index in [0.29, 0.717) is 18.4 Å². The zero-order chi connectivity index (χ0) is 16.5. The number of allylic oxidation sites excluding steroid dienone is 2. The highest BCUT2D eigenvalue weighted by Crippen LogP contribution is 2.51. The summed E-state index contributed by atoms with van der Waals surface area (Å²) in [7, 11) is 1.72. The van der Waals surface area contributed by atoms with Crippen molar-refractivity contribution in [1.82, 2.24) is 0 Å². The zero-order valence-corrected chi connectivity index (χ0v) is 14.2. The van der Waals surface area contributed by atoms with Crippen LogP contribution in [-0.4, -0.2) is 13.7 Å². The first kappa shape index (κ1) is 15.1. The van der Waals surface area contributed by atoms with E-state index in [4.69, 9.17) is 9.47 Å². The Balaban J connectivity index is 1.76. The molecule has 0 spiro atoms. The molecule has 2 aromatic rings. The number of hydrogen-bond donors (Lipinski definition) is 1. The minimum Gasteiger partial charge on any atom is -0.497 e. The quantitative estimate of drug-likeness (QED) is 0.811. The fraction of sp³-hybridized carbons (Fsp3) is 0.333. The number of para-hydroxylation sites is 1. The lowest BCUT2D eigenvalue weighted by atomic mass is 9.77. The molecule has 3 atom stereocenters. The third-order valence-corrected chi connectivity index (χ3v) is 5.12. The van der Waals surface area contributed by atoms with E-state index in [9.17, 15) is 0 Å². The van der Waals surface area contributed by atoms with E-state index in [0.717, 1.165) is 17.9 Å². The maximum absolute atomic E-state index is 5.88. The number of methoxy groups -OCH3 is 1. The highest BCUT2D eigenvalue weighted by Gasteiger charge is 2.39. The molecule has 0 aromatic heterocycles. The molecule has 2 aromatic carbocycles. The van der Waals surface area contributed by atoms with Crippen LogP contribution in [0, 0.1) is 5.92 Å². The van der Waals surface area contributed by atoms with Gasteiger partial charge in [0, 0.05) is 17.2 Å². The number of benzene rings is 2. The van der Waals surface area contributed by atoms with Crippen LogP contribution in [0.5, 0.6) is 11.5 Å². The molecular weight excluding hydrogens is 298 g/mol. The summed E-state index contributed by atoms with van der Waals surface area (Å²) in [6.45, 7) is 2.72. The van der Waals surface area contributed by atoms with Crippen LogP contribution in [-0.2, 0) is 0 Å². The van der Waals surface area contributed by atoms with Crippen molar-refractivity contribution >= 4 is 5.69 Å². The Hall–Kier alpha value is -2.42. The van der Waals surface area contributed by atoms with E-state index < -0.39 is 0 Å². The smallest absolute Gasteiger partial charge is 0.124 e. The zero-order valence-electron chi connectivity index (χ0n) is 14.2. The summed E-state index contributed by atoms with van der Waals surface area (Å²) in [5.41, 5.74) is 3.78. The summed E-state index contributed by atoms with van der Waals surface area (Å²) in [6.07, 6.45) is 5.74. The molecule has 3 unspecified atom stereocenters. The van der Waals surface area contributed by atoms with Crippen LogP contribution in [0.2, 0.25) is 0 Å². The number of ether oxygens (including phenoxy) is 2. The lowest BCUT2D eigenvalue weighted by Gasteiger charge is -2.38. The van der Waals surface area contributed by atoms with Crippen LogP contribution >= 0.6 is 0 Å². The molecule has 0 amide bonds. The van der Waals surface area contributed by atoms with Gasteiger partial charge in [-0.05, 0) is 49.1 Å². The van der Waals surface area contributed by atoms with Crippen molar-refractivity contribution < 1.29 is 9.47 Å². The molecule has 1 aliphatic heterocycles. The molecule has 1 aliphatic carbocycles. The molecule has 0 radical (unpaired) electrons. The van der Waals surface area contributed by atoms with E-state index in [1.165, 1.54) is 16.8 Å². The van der Waals surface area contributed by atoms with Gasteiger partial charge in [-0.25, -0.2) is 0 Å². The van der Waals surface area contributed by atoms with Gasteiger partial charge in [0.15, 0.2) is 0 Å². The maximum Gasteiger partial charge on any atom is 0.124 e. The number of rotatable bonds is 4. The second-order valence-corrected chi connectivity index (χ2v) is 6.40. The molecule has 0 fully saturated rings. The molecule has 1 N–H and O–H groups in total. The Morgan fingerprint density at radius 3 is 2.83 bits per heavy atom. The minimum atomic E-state index is 0.258. The predicted molar refractivity (Wildman–Crippen MR) is 97.0 cm³/mol. The standard InChI is InChI=1S/C21H23NO2/c1-3-24-20-10-5-4-7-17(20)21-16-9-6-8-15(16)18-13-14(23-2)11-12-19(18)22-21/h4-8,10-13,15-16,21-22H,3,9H2,1-2H3. The summed E-state index contributed by atoms with van der Waals surface area (Å²) in [6, 6.07) is 15.0. The number of fused-ring (bicyclic) bond motifs is 3. The largest absolute Gasteiger partial charge is 0.497 e. The summed E-state index contributed by atoms with van der Waals surface area (Å²) < 4.78 is 11.3. The van der Waals surface area contributed by atoms with Crippen LogP contribution < -0.4 is 14.8 Å². The van der Waals surface area contributed by atoms with Gasteiger partial charge in [-0.2, -0.15) is 0 Å². The van der Waals surface area contributed by atoms with Crippen molar-refractivity contribution in [2.45, 2.75) is 25.3 Å². The van der Waals surface area contributed by atoms with Crippen LogP contribution in [0.3, 0.4) is 0 Å². The highest BCUT2D eigenvalue weighted by atomic mass is 16.5. The minimum absolute atomic E-state index is 0.258. The van der Waals surface area contributed by atoms with Crippen LogP contribution in [0.25, 0.3) is 0 Å². The van der Waals surface area contributed by atoms with Crippen molar-refractivity contribution in [2.75, 3.05) is 19.0 Å². The van der Waals surface area contributed by atoms with Gasteiger partial charge >= 0.3 is 0 Å². The van der Waals surface area contributed by atoms with Gasteiger partial charge in [0.2, 0.25) is 0 Å². The second-order valence-electron chi connectivity index (χ2n) is 6.40. The first-order chi connectivity index (χ1) is 11.8. The average molecular weight is 321 g/mol. The van der Waals surface area contributed by atoms with Crippen molar-refractivity contribution in [2.24, 2.45) is 5.92 Å². The van der Waals surface area contributed by atoms with Crippen molar-refractivity contribution in [3.63, 3.8) is 0 Å². The first-order valence-corrected chi connectivity index (χ1v) is 8.64. The molecule has 2 aliphatic rings. The molecular formula is C21H23NO2. The molecule has 0 saturated heterocycles. The normalized spacial score (nSPS) is 24.0. The van der Waals surface area contributed by atoms with E-state index in [-0.39, 0.29) is 6.04 Å². The lowest BCUT2D eigenvalue weighted by Crippen LogP contribution is -2.29. The van der Waals surface area contributed by atoms with Gasteiger partial charge in [0.1, 0.15) is 11.5 Å². The molecule has 24 heavy (non-hydrogen) atoms. The number of hydrogen-bond acceptors (Lipinski definition) is 3. The Morgan fingerprint density at radius 1 is 1.12 bits per heavy atom. The third kappa shape index (κ3) is 2.44. The summed E-state index contributed by atoms with van der Waals surface area (Å²) in [4.78, 5) is 0. The van der Waals surface area contributed by atoms with Crippen LogP contribution in [0.15, 0.2) is 54.6 Å². The first-order valence-electron chi connectivity index (χ1n) is 8.64. The van der Waals surface area contributed by atoms with E-state index >= 15 is 0 Å². The Bertz CT molecular complexity index is 768. The second kappa shape index (κ2) is 6.23. The lowest BCUT2D eigenvalue weighted by molar-refractivity contribution is 0.326. The van der Waals surface area contributed by atoms with Crippen molar-refractivity contribution in [3.05, 3.63) is 65.7 Å². The van der Waals surface area contributed by atoms with Gasteiger partial charge in [0.25, 0.3) is 0 Å². The van der Waals surface area contributed by atoms with Gasteiger partial charge in [-0.3, -0.25) is 0 Å². The van der Waals surface area contributed by atoms with Gasteiger partial charge in [0.05, 0.1) is 19.8 Å². The van der Waals surface area contributed by atoms with Gasteiger partial charge < -0.3 is 14.8 Å². The fourth-order valence-electron chi connectivity index (χ4n) is 4.03. The van der Waals surface area contributed by atoms with Crippen molar-refractivity contribution in [3.8, 4) is 11.5 Å². The SMILES string of the molecule is CCOc1ccccc1C1Nc2ccc(OC)cc2C2C=CCC21. The third-order valence-electron chi connectivity index (χ3n) is 5.12. The fourth-order valence-corrected chi connectivity index (χ4v) is 4.03. The maximum atomic E-state index is 5.88. The predicted octanol–water partition coefficient (Wildman–Crippen LogP) is 4.92. The summed E-state index contributed by atoms with van der Waals surface area (Å²) in [5.74, 6) is 2.84. The molecule has 3 heteroatoms. The molecule has 4 rings (SSSR count). The summed E-state index contributed by atoms with van der Waals surface area (Å²) in [5, 5.41) is 3.76. The molecule has 124 valence electrons. The van der Waals surface area contributed by atoms with E-state index in [2.05, 4.69) is 47.8 Å². The average Bonchev–Trinajstić information content (AvgIpc) is 3.11. The van der Waals surface area contributed by atoms with E-state index in [1.807, 2.05) is 19.1 Å².